The number of hydrogen-bond donors (Lipinski definition) is 1. The number of fused-ring (bicyclic) bond motifs is 1. The Bertz CT molecular complexity index is 934. The fourth-order valence-corrected chi connectivity index (χ4v) is 3.80. The van der Waals surface area contributed by atoms with Crippen LogP contribution in [0.4, 0.5) is 0 Å². The van der Waals surface area contributed by atoms with E-state index in [0.717, 1.165) is 11.8 Å². The fraction of sp³-hybridized carbons (Fsp3) is 0.200. The van der Waals surface area contributed by atoms with Crippen LogP contribution in [0.1, 0.15) is 28.0 Å². The minimum absolute atomic E-state index is 0.228. The molecule has 7 heteroatoms. The summed E-state index contributed by atoms with van der Waals surface area (Å²) in [5, 5.41) is 3.86. The molecule has 3 rings (SSSR count). The van der Waals surface area contributed by atoms with Crippen LogP contribution in [0.2, 0.25) is 0 Å². The van der Waals surface area contributed by atoms with Gasteiger partial charge in [-0.25, -0.2) is 8.42 Å². The molecule has 2 aromatic heterocycles. The largest absolute Gasteiger partial charge is 0.324 e. The number of carbonyl (C=O) groups is 1. The van der Waals surface area contributed by atoms with Crippen LogP contribution in [0, 0.1) is 0 Å². The minimum atomic E-state index is -3.67. The molecule has 0 aliphatic heterocycles. The molecule has 0 bridgehead atoms. The fourth-order valence-electron chi connectivity index (χ4n) is 2.47. The third kappa shape index (κ3) is 2.69. The van der Waals surface area contributed by atoms with Gasteiger partial charge in [0, 0.05) is 23.1 Å². The zero-order valence-corrected chi connectivity index (χ0v) is 13.4. The van der Waals surface area contributed by atoms with Crippen molar-refractivity contribution in [3.8, 4) is 0 Å². The summed E-state index contributed by atoms with van der Waals surface area (Å²) in [6.45, 7) is 0. The highest BCUT2D eigenvalue weighted by Crippen LogP contribution is 2.26. The minimum Gasteiger partial charge on any atom is -0.324 e. The number of ketones is 1. The van der Waals surface area contributed by atoms with Gasteiger partial charge in [0.25, 0.3) is 5.56 Å². The molecule has 2 heterocycles. The SMILES string of the molecule is CS(=O)(=O)c1cc2c([nH]c1=O)CC/C(=C\c1ccsc1)C2=O. The van der Waals surface area contributed by atoms with Gasteiger partial charge in [0.15, 0.2) is 15.6 Å². The highest BCUT2D eigenvalue weighted by atomic mass is 32.2. The highest BCUT2D eigenvalue weighted by Gasteiger charge is 2.26. The molecule has 0 spiro atoms. The Morgan fingerprint density at radius 2 is 2.05 bits per heavy atom. The average molecular weight is 335 g/mol. The lowest BCUT2D eigenvalue weighted by Gasteiger charge is -2.17. The van der Waals surface area contributed by atoms with Crippen molar-refractivity contribution in [2.24, 2.45) is 0 Å². The summed E-state index contributed by atoms with van der Waals surface area (Å²) in [7, 11) is -3.67. The summed E-state index contributed by atoms with van der Waals surface area (Å²) in [5.74, 6) is -0.228. The van der Waals surface area contributed by atoms with Crippen LogP contribution in [0.3, 0.4) is 0 Å². The van der Waals surface area contributed by atoms with Gasteiger partial charge in [-0.15, -0.1) is 0 Å². The molecule has 114 valence electrons. The number of rotatable bonds is 2. The normalized spacial score (nSPS) is 16.8. The van der Waals surface area contributed by atoms with Crippen molar-refractivity contribution in [1.29, 1.82) is 0 Å². The van der Waals surface area contributed by atoms with Crippen LogP contribution in [0.15, 0.2) is 38.2 Å². The Balaban J connectivity index is 2.11. The summed E-state index contributed by atoms with van der Waals surface area (Å²) in [4.78, 5) is 26.5. The van der Waals surface area contributed by atoms with Gasteiger partial charge in [-0.05, 0) is 47.4 Å². The first-order valence-corrected chi connectivity index (χ1v) is 9.43. The maximum Gasteiger partial charge on any atom is 0.266 e. The van der Waals surface area contributed by atoms with E-state index in [4.69, 9.17) is 0 Å². The van der Waals surface area contributed by atoms with Gasteiger partial charge in [-0.1, -0.05) is 0 Å². The van der Waals surface area contributed by atoms with Crippen molar-refractivity contribution < 1.29 is 13.2 Å². The van der Waals surface area contributed by atoms with E-state index in [-0.39, 0.29) is 16.2 Å². The Kier molecular flexibility index (Phi) is 3.62. The number of aryl methyl sites for hydroxylation is 1. The second kappa shape index (κ2) is 5.33. The van der Waals surface area contributed by atoms with Crippen molar-refractivity contribution in [2.75, 3.05) is 6.26 Å². The molecule has 1 aliphatic rings. The topological polar surface area (TPSA) is 84.1 Å². The number of nitrogens with one attached hydrogen (secondary N) is 1. The molecule has 0 radical (unpaired) electrons. The van der Waals surface area contributed by atoms with Crippen molar-refractivity contribution in [2.45, 2.75) is 17.7 Å². The Labute approximate surface area is 131 Å². The number of allylic oxidation sites excluding steroid dienone is 1. The lowest BCUT2D eigenvalue weighted by molar-refractivity contribution is 0.102. The number of pyridine rings is 1. The highest BCUT2D eigenvalue weighted by molar-refractivity contribution is 7.90. The van der Waals surface area contributed by atoms with E-state index >= 15 is 0 Å². The van der Waals surface area contributed by atoms with Crippen molar-refractivity contribution in [1.82, 2.24) is 4.98 Å². The number of H-pyrrole nitrogens is 1. The van der Waals surface area contributed by atoms with Gasteiger partial charge in [0.2, 0.25) is 0 Å². The van der Waals surface area contributed by atoms with Gasteiger partial charge in [-0.2, -0.15) is 11.3 Å². The first-order valence-electron chi connectivity index (χ1n) is 6.60. The maximum atomic E-state index is 12.6. The zero-order valence-electron chi connectivity index (χ0n) is 11.8. The number of aromatic amines is 1. The second-order valence-corrected chi connectivity index (χ2v) is 7.95. The predicted octanol–water partition coefficient (Wildman–Crippen LogP) is 2.05. The molecule has 2 aromatic rings. The molecule has 0 amide bonds. The van der Waals surface area contributed by atoms with Gasteiger partial charge in [-0.3, -0.25) is 9.59 Å². The molecule has 1 aliphatic carbocycles. The quantitative estimate of drug-likeness (QED) is 0.851. The van der Waals surface area contributed by atoms with Crippen LogP contribution in [0.5, 0.6) is 0 Å². The number of aromatic nitrogens is 1. The number of Topliss-reactive ketones (excluding diaryl/α,β-unsaturated/α-hetero) is 1. The number of thiophene rings is 1. The molecule has 5 nitrogen and oxygen atoms in total. The third-order valence-electron chi connectivity index (χ3n) is 3.55. The Hall–Kier alpha value is -1.99. The first kappa shape index (κ1) is 14.9. The third-order valence-corrected chi connectivity index (χ3v) is 5.36. The summed E-state index contributed by atoms with van der Waals surface area (Å²) in [6, 6.07) is 3.11. The van der Waals surface area contributed by atoms with Crippen molar-refractivity contribution in [3.05, 3.63) is 55.6 Å². The van der Waals surface area contributed by atoms with Gasteiger partial charge in [0.1, 0.15) is 4.90 Å². The van der Waals surface area contributed by atoms with Crippen molar-refractivity contribution in [3.63, 3.8) is 0 Å². The molecule has 0 aromatic carbocycles. The van der Waals surface area contributed by atoms with Gasteiger partial charge < -0.3 is 4.98 Å². The maximum absolute atomic E-state index is 12.6. The van der Waals surface area contributed by atoms with E-state index in [1.54, 1.807) is 11.3 Å². The number of sulfone groups is 1. The molecule has 1 N–H and O–H groups in total. The Morgan fingerprint density at radius 3 is 2.68 bits per heavy atom. The number of hydrogen-bond acceptors (Lipinski definition) is 5. The van der Waals surface area contributed by atoms with E-state index in [1.807, 2.05) is 22.9 Å². The molecular weight excluding hydrogens is 322 g/mol. The molecule has 0 unspecified atom stereocenters. The molecular formula is C15H13NO4S2. The standard InChI is InChI=1S/C15H13NO4S2/c1-22(19,20)13-7-11-12(16-15(13)18)3-2-10(14(11)17)6-9-4-5-21-8-9/h4-8H,2-3H2,1H3,(H,16,18)/b10-6+. The molecule has 22 heavy (non-hydrogen) atoms. The van der Waals surface area contributed by atoms with Crippen LogP contribution in [0.25, 0.3) is 6.08 Å². The summed E-state index contributed by atoms with van der Waals surface area (Å²) < 4.78 is 23.3. The molecule has 0 saturated heterocycles. The lowest BCUT2D eigenvalue weighted by atomic mass is 9.89. The van der Waals surface area contributed by atoms with Gasteiger partial charge >= 0.3 is 0 Å². The summed E-state index contributed by atoms with van der Waals surface area (Å²) >= 11 is 1.54. The number of carbonyl (C=O) groups excluding carboxylic acids is 1. The van der Waals surface area contributed by atoms with E-state index in [0.29, 0.717) is 24.1 Å². The van der Waals surface area contributed by atoms with Crippen molar-refractivity contribution >= 4 is 33.0 Å². The first-order chi connectivity index (χ1) is 10.4. The van der Waals surface area contributed by atoms with Crippen LogP contribution >= 0.6 is 11.3 Å². The van der Waals surface area contributed by atoms with E-state index in [1.165, 1.54) is 6.07 Å². The van der Waals surface area contributed by atoms with Crippen LogP contribution in [-0.2, 0) is 16.3 Å². The molecule has 0 fully saturated rings. The lowest BCUT2D eigenvalue weighted by Crippen LogP contribution is -2.24. The smallest absolute Gasteiger partial charge is 0.266 e. The summed E-state index contributed by atoms with van der Waals surface area (Å²) in [5.41, 5.74) is 1.68. The van der Waals surface area contributed by atoms with E-state index < -0.39 is 15.4 Å². The van der Waals surface area contributed by atoms with E-state index in [2.05, 4.69) is 4.98 Å². The van der Waals surface area contributed by atoms with Gasteiger partial charge in [0.05, 0.1) is 0 Å². The van der Waals surface area contributed by atoms with Crippen LogP contribution in [-0.4, -0.2) is 25.4 Å². The zero-order chi connectivity index (χ0) is 15.9. The van der Waals surface area contributed by atoms with E-state index in [9.17, 15) is 18.0 Å². The molecule has 0 atom stereocenters. The monoisotopic (exact) mass is 335 g/mol. The molecule has 0 saturated carbocycles. The predicted molar refractivity (Wildman–Crippen MR) is 85.1 cm³/mol. The second-order valence-electron chi connectivity index (χ2n) is 5.18. The average Bonchev–Trinajstić information content (AvgIpc) is 2.93. The Morgan fingerprint density at radius 1 is 1.27 bits per heavy atom. The van der Waals surface area contributed by atoms with Crippen LogP contribution < -0.4 is 5.56 Å². The summed E-state index contributed by atoms with van der Waals surface area (Å²) in [6.07, 6.45) is 3.80.